The minimum atomic E-state index is -0.186. The van der Waals surface area contributed by atoms with Crippen molar-refractivity contribution in [2.75, 3.05) is 11.9 Å². The fourth-order valence-corrected chi connectivity index (χ4v) is 2.39. The Morgan fingerprint density at radius 2 is 2.24 bits per heavy atom. The molecule has 17 heavy (non-hydrogen) atoms. The molecule has 1 aromatic rings. The summed E-state index contributed by atoms with van der Waals surface area (Å²) in [6, 6.07) is 0. The van der Waals surface area contributed by atoms with Crippen molar-refractivity contribution in [3.05, 3.63) is 17.0 Å². The van der Waals surface area contributed by atoms with Crippen LogP contribution < -0.4 is 5.32 Å². The van der Waals surface area contributed by atoms with E-state index in [1.54, 1.807) is 6.20 Å². The Balaban J connectivity index is 1.94. The number of anilines is 1. The number of halogens is 1. The largest absolute Gasteiger partial charge is 0.393 e. The number of hydrogen-bond donors (Lipinski definition) is 2. The molecular weight excluding hydrogens is 238 g/mol. The van der Waals surface area contributed by atoms with Gasteiger partial charge in [-0.05, 0) is 31.4 Å². The molecule has 1 aliphatic carbocycles. The molecule has 0 aromatic carbocycles. The van der Waals surface area contributed by atoms with E-state index >= 15 is 0 Å². The number of aliphatic hydroxyl groups excluding tert-OH is 1. The van der Waals surface area contributed by atoms with Gasteiger partial charge in [-0.1, -0.05) is 12.8 Å². The molecule has 0 aliphatic heterocycles. The first kappa shape index (κ1) is 12.6. The third-order valence-electron chi connectivity index (χ3n) is 3.34. The number of rotatable bonds is 3. The van der Waals surface area contributed by atoms with Crippen LogP contribution in [0.25, 0.3) is 0 Å². The molecule has 2 unspecified atom stereocenters. The summed E-state index contributed by atoms with van der Waals surface area (Å²) in [6.45, 7) is 2.69. The average molecular weight is 256 g/mol. The maximum atomic E-state index is 9.87. The average Bonchev–Trinajstić information content (AvgIpc) is 2.32. The highest BCUT2D eigenvalue weighted by atomic mass is 35.5. The summed E-state index contributed by atoms with van der Waals surface area (Å²) >= 11 is 5.76. The first-order chi connectivity index (χ1) is 8.16. The Morgan fingerprint density at radius 1 is 1.47 bits per heavy atom. The zero-order valence-corrected chi connectivity index (χ0v) is 10.7. The van der Waals surface area contributed by atoms with E-state index < -0.39 is 0 Å². The molecule has 2 rings (SSSR count). The van der Waals surface area contributed by atoms with Gasteiger partial charge in [0.25, 0.3) is 0 Å². The first-order valence-corrected chi connectivity index (χ1v) is 6.45. The number of aromatic nitrogens is 2. The summed E-state index contributed by atoms with van der Waals surface area (Å²) in [7, 11) is 0. The van der Waals surface area contributed by atoms with Crippen molar-refractivity contribution in [1.82, 2.24) is 9.97 Å². The smallest absolute Gasteiger partial charge is 0.224 e. The van der Waals surface area contributed by atoms with Crippen LogP contribution in [0.15, 0.2) is 6.20 Å². The summed E-state index contributed by atoms with van der Waals surface area (Å²) in [4.78, 5) is 8.06. The van der Waals surface area contributed by atoms with Gasteiger partial charge in [0, 0.05) is 24.2 Å². The van der Waals surface area contributed by atoms with Crippen LogP contribution in [0.1, 0.15) is 31.2 Å². The van der Waals surface area contributed by atoms with Gasteiger partial charge < -0.3 is 10.4 Å². The Hall–Kier alpha value is -0.870. The van der Waals surface area contributed by atoms with Gasteiger partial charge >= 0.3 is 0 Å². The van der Waals surface area contributed by atoms with Gasteiger partial charge in [-0.15, -0.1) is 0 Å². The SMILES string of the molecule is Cc1cnc(Cl)nc1NCC1CCCCC1O. The minimum absolute atomic E-state index is 0.186. The monoisotopic (exact) mass is 255 g/mol. The predicted molar refractivity (Wildman–Crippen MR) is 68.2 cm³/mol. The van der Waals surface area contributed by atoms with Crippen molar-refractivity contribution >= 4 is 17.4 Å². The van der Waals surface area contributed by atoms with Crippen LogP contribution in [-0.2, 0) is 0 Å². The molecule has 0 saturated heterocycles. The summed E-state index contributed by atoms with van der Waals surface area (Å²) in [5, 5.41) is 13.4. The number of aryl methyl sites for hydroxylation is 1. The molecule has 4 nitrogen and oxygen atoms in total. The molecule has 5 heteroatoms. The first-order valence-electron chi connectivity index (χ1n) is 6.08. The molecular formula is C12H18ClN3O. The van der Waals surface area contributed by atoms with Gasteiger partial charge in [-0.25, -0.2) is 9.97 Å². The van der Waals surface area contributed by atoms with Crippen molar-refractivity contribution in [3.63, 3.8) is 0 Å². The van der Waals surface area contributed by atoms with Crippen molar-refractivity contribution < 1.29 is 5.11 Å². The molecule has 0 amide bonds. The third-order valence-corrected chi connectivity index (χ3v) is 3.53. The van der Waals surface area contributed by atoms with Crippen LogP contribution in [-0.4, -0.2) is 27.7 Å². The highest BCUT2D eigenvalue weighted by Crippen LogP contribution is 2.25. The number of aliphatic hydroxyl groups is 1. The van der Waals surface area contributed by atoms with E-state index in [1.165, 1.54) is 6.42 Å². The van der Waals surface area contributed by atoms with Crippen LogP contribution in [0.4, 0.5) is 5.82 Å². The maximum Gasteiger partial charge on any atom is 0.224 e. The normalized spacial score (nSPS) is 24.6. The Labute approximate surface area is 106 Å². The molecule has 1 fully saturated rings. The van der Waals surface area contributed by atoms with E-state index in [4.69, 9.17) is 11.6 Å². The van der Waals surface area contributed by atoms with Gasteiger partial charge in [0.05, 0.1) is 6.10 Å². The molecule has 0 spiro atoms. The van der Waals surface area contributed by atoms with E-state index in [0.29, 0.717) is 5.92 Å². The van der Waals surface area contributed by atoms with Gasteiger partial charge in [0.15, 0.2) is 0 Å². The summed E-state index contributed by atoms with van der Waals surface area (Å²) in [5.74, 6) is 1.08. The second kappa shape index (κ2) is 5.65. The topological polar surface area (TPSA) is 58.0 Å². The van der Waals surface area contributed by atoms with Gasteiger partial charge in [-0.3, -0.25) is 0 Å². The fourth-order valence-electron chi connectivity index (χ4n) is 2.25. The lowest BCUT2D eigenvalue weighted by Crippen LogP contribution is -2.30. The molecule has 1 aliphatic rings. The zero-order chi connectivity index (χ0) is 12.3. The predicted octanol–water partition coefficient (Wildman–Crippen LogP) is 2.40. The van der Waals surface area contributed by atoms with Crippen LogP contribution in [0.2, 0.25) is 5.28 Å². The van der Waals surface area contributed by atoms with E-state index in [-0.39, 0.29) is 11.4 Å². The lowest BCUT2D eigenvalue weighted by Gasteiger charge is -2.27. The number of hydrogen-bond acceptors (Lipinski definition) is 4. The van der Waals surface area contributed by atoms with Crippen molar-refractivity contribution in [2.45, 2.75) is 38.7 Å². The van der Waals surface area contributed by atoms with E-state index in [2.05, 4.69) is 15.3 Å². The molecule has 2 N–H and O–H groups in total. The standard InChI is InChI=1S/C12H18ClN3O/c1-8-6-15-12(13)16-11(8)14-7-9-4-2-3-5-10(9)17/h6,9-10,17H,2-5,7H2,1H3,(H,14,15,16). The second-order valence-corrected chi connectivity index (χ2v) is 5.00. The van der Waals surface area contributed by atoms with E-state index in [1.807, 2.05) is 6.92 Å². The molecule has 1 aromatic heterocycles. The van der Waals surface area contributed by atoms with Crippen LogP contribution >= 0.6 is 11.6 Å². The lowest BCUT2D eigenvalue weighted by molar-refractivity contribution is 0.0763. The molecule has 0 radical (unpaired) electrons. The minimum Gasteiger partial charge on any atom is -0.393 e. The van der Waals surface area contributed by atoms with Gasteiger partial charge in [0.2, 0.25) is 5.28 Å². The highest BCUT2D eigenvalue weighted by molar-refractivity contribution is 6.28. The molecule has 2 atom stereocenters. The third kappa shape index (κ3) is 3.30. The molecule has 1 heterocycles. The fraction of sp³-hybridized carbons (Fsp3) is 0.667. The second-order valence-electron chi connectivity index (χ2n) is 4.66. The van der Waals surface area contributed by atoms with Gasteiger partial charge in [0.1, 0.15) is 5.82 Å². The van der Waals surface area contributed by atoms with Crippen LogP contribution in [0.3, 0.4) is 0 Å². The Kier molecular flexibility index (Phi) is 4.18. The zero-order valence-electron chi connectivity index (χ0n) is 9.99. The maximum absolute atomic E-state index is 9.87. The Morgan fingerprint density at radius 3 is 3.00 bits per heavy atom. The number of nitrogens with one attached hydrogen (secondary N) is 1. The highest BCUT2D eigenvalue weighted by Gasteiger charge is 2.22. The summed E-state index contributed by atoms with van der Waals surface area (Å²) < 4.78 is 0. The summed E-state index contributed by atoms with van der Waals surface area (Å²) in [5.41, 5.74) is 0.972. The Bertz CT molecular complexity index is 386. The lowest BCUT2D eigenvalue weighted by atomic mass is 9.86. The molecule has 0 bridgehead atoms. The molecule has 1 saturated carbocycles. The van der Waals surface area contributed by atoms with Crippen LogP contribution in [0, 0.1) is 12.8 Å². The number of nitrogens with zero attached hydrogens (tertiary/aromatic N) is 2. The van der Waals surface area contributed by atoms with E-state index in [9.17, 15) is 5.11 Å². The van der Waals surface area contributed by atoms with Gasteiger partial charge in [-0.2, -0.15) is 0 Å². The van der Waals surface area contributed by atoms with Crippen molar-refractivity contribution in [3.8, 4) is 0 Å². The summed E-state index contributed by atoms with van der Waals surface area (Å²) in [6.07, 6.45) is 5.84. The van der Waals surface area contributed by atoms with E-state index in [0.717, 1.165) is 37.2 Å². The van der Waals surface area contributed by atoms with Crippen molar-refractivity contribution in [1.29, 1.82) is 0 Å². The molecule has 94 valence electrons. The van der Waals surface area contributed by atoms with Crippen molar-refractivity contribution in [2.24, 2.45) is 5.92 Å². The quantitative estimate of drug-likeness (QED) is 0.815. The van der Waals surface area contributed by atoms with Crippen LogP contribution in [0.5, 0.6) is 0 Å².